The van der Waals surface area contributed by atoms with Crippen molar-refractivity contribution in [2.75, 3.05) is 19.6 Å². The molecule has 1 heterocycles. The third-order valence-corrected chi connectivity index (χ3v) is 4.02. The van der Waals surface area contributed by atoms with Gasteiger partial charge in [-0.3, -0.25) is 4.90 Å². The monoisotopic (exact) mass is 210 g/mol. The van der Waals surface area contributed by atoms with E-state index in [-0.39, 0.29) is 0 Å². The summed E-state index contributed by atoms with van der Waals surface area (Å²) in [6.07, 6.45) is 7.17. The molecule has 1 saturated heterocycles. The zero-order chi connectivity index (χ0) is 10.7. The molecule has 2 rings (SSSR count). The standard InChI is InChI=1S/C13H26N2/c1-3-15(10-13-5-4-8-14-13)11(2)9-12-6-7-12/h11-14H,3-10H2,1-2H3. The molecule has 2 nitrogen and oxygen atoms in total. The van der Waals surface area contributed by atoms with E-state index in [4.69, 9.17) is 0 Å². The Morgan fingerprint density at radius 3 is 2.67 bits per heavy atom. The van der Waals surface area contributed by atoms with E-state index < -0.39 is 0 Å². The maximum atomic E-state index is 3.60. The highest BCUT2D eigenvalue weighted by Gasteiger charge is 2.27. The predicted octanol–water partition coefficient (Wildman–Crippen LogP) is 2.25. The van der Waals surface area contributed by atoms with Gasteiger partial charge < -0.3 is 5.32 Å². The van der Waals surface area contributed by atoms with Crippen molar-refractivity contribution in [3.63, 3.8) is 0 Å². The Hall–Kier alpha value is -0.0800. The van der Waals surface area contributed by atoms with Crippen molar-refractivity contribution in [3.05, 3.63) is 0 Å². The summed E-state index contributed by atoms with van der Waals surface area (Å²) in [5.74, 6) is 1.06. The van der Waals surface area contributed by atoms with Gasteiger partial charge in [-0.05, 0) is 45.2 Å². The molecule has 1 saturated carbocycles. The van der Waals surface area contributed by atoms with E-state index in [2.05, 4.69) is 24.1 Å². The van der Waals surface area contributed by atoms with Crippen LogP contribution in [0.5, 0.6) is 0 Å². The second kappa shape index (κ2) is 5.31. The minimum atomic E-state index is 0.770. The molecule has 1 aliphatic carbocycles. The molecule has 0 aromatic rings. The summed E-state index contributed by atoms with van der Waals surface area (Å²) < 4.78 is 0. The van der Waals surface area contributed by atoms with E-state index in [1.165, 1.54) is 51.7 Å². The molecular weight excluding hydrogens is 184 g/mol. The minimum absolute atomic E-state index is 0.770. The van der Waals surface area contributed by atoms with Gasteiger partial charge in [-0.15, -0.1) is 0 Å². The molecule has 2 atom stereocenters. The van der Waals surface area contributed by atoms with Gasteiger partial charge in [0.05, 0.1) is 0 Å². The highest BCUT2D eigenvalue weighted by Crippen LogP contribution is 2.34. The van der Waals surface area contributed by atoms with Crippen molar-refractivity contribution in [2.24, 2.45) is 5.92 Å². The van der Waals surface area contributed by atoms with Crippen LogP contribution in [0.4, 0.5) is 0 Å². The van der Waals surface area contributed by atoms with Gasteiger partial charge in [0, 0.05) is 18.6 Å². The lowest BCUT2D eigenvalue weighted by molar-refractivity contribution is 0.187. The lowest BCUT2D eigenvalue weighted by Gasteiger charge is -2.30. The predicted molar refractivity (Wildman–Crippen MR) is 65.1 cm³/mol. The summed E-state index contributed by atoms with van der Waals surface area (Å²) in [5, 5.41) is 3.60. The number of nitrogens with one attached hydrogen (secondary N) is 1. The average molecular weight is 210 g/mol. The molecule has 0 amide bonds. The van der Waals surface area contributed by atoms with Crippen LogP contribution < -0.4 is 5.32 Å². The maximum Gasteiger partial charge on any atom is 0.0195 e. The molecule has 0 bridgehead atoms. The molecule has 2 aliphatic rings. The van der Waals surface area contributed by atoms with E-state index in [0.717, 1.165) is 18.0 Å². The van der Waals surface area contributed by atoms with E-state index in [1.54, 1.807) is 0 Å². The van der Waals surface area contributed by atoms with Crippen molar-refractivity contribution in [1.29, 1.82) is 0 Å². The van der Waals surface area contributed by atoms with Gasteiger partial charge in [0.1, 0.15) is 0 Å². The molecule has 2 fully saturated rings. The third-order valence-electron chi connectivity index (χ3n) is 4.02. The Labute approximate surface area is 94.4 Å². The summed E-state index contributed by atoms with van der Waals surface area (Å²) in [7, 11) is 0. The first kappa shape index (κ1) is 11.4. The van der Waals surface area contributed by atoms with E-state index >= 15 is 0 Å². The van der Waals surface area contributed by atoms with Crippen LogP contribution in [0.15, 0.2) is 0 Å². The van der Waals surface area contributed by atoms with Crippen molar-refractivity contribution in [2.45, 2.75) is 58.0 Å². The largest absolute Gasteiger partial charge is 0.313 e. The highest BCUT2D eigenvalue weighted by atomic mass is 15.2. The molecule has 0 aromatic heterocycles. The molecule has 2 unspecified atom stereocenters. The van der Waals surface area contributed by atoms with Gasteiger partial charge in [-0.1, -0.05) is 19.8 Å². The van der Waals surface area contributed by atoms with E-state index in [0.29, 0.717) is 0 Å². The van der Waals surface area contributed by atoms with E-state index in [9.17, 15) is 0 Å². The first-order valence-corrected chi connectivity index (χ1v) is 6.77. The van der Waals surface area contributed by atoms with Crippen molar-refractivity contribution >= 4 is 0 Å². The summed E-state index contributed by atoms with van der Waals surface area (Å²) in [5.41, 5.74) is 0. The van der Waals surface area contributed by atoms with Gasteiger partial charge in [0.25, 0.3) is 0 Å². The van der Waals surface area contributed by atoms with Crippen molar-refractivity contribution < 1.29 is 0 Å². The zero-order valence-electron chi connectivity index (χ0n) is 10.3. The van der Waals surface area contributed by atoms with Gasteiger partial charge in [-0.25, -0.2) is 0 Å². The van der Waals surface area contributed by atoms with Crippen LogP contribution in [0.25, 0.3) is 0 Å². The molecule has 88 valence electrons. The Morgan fingerprint density at radius 1 is 1.33 bits per heavy atom. The number of nitrogens with zero attached hydrogens (tertiary/aromatic N) is 1. The fourth-order valence-electron chi connectivity index (χ4n) is 2.80. The Morgan fingerprint density at radius 2 is 2.13 bits per heavy atom. The molecule has 0 radical (unpaired) electrons. The van der Waals surface area contributed by atoms with Crippen LogP contribution in [-0.2, 0) is 0 Å². The summed E-state index contributed by atoms with van der Waals surface area (Å²) in [4.78, 5) is 2.67. The zero-order valence-corrected chi connectivity index (χ0v) is 10.3. The fourth-order valence-corrected chi connectivity index (χ4v) is 2.80. The van der Waals surface area contributed by atoms with E-state index in [1.807, 2.05) is 0 Å². The Bertz CT molecular complexity index is 183. The number of hydrogen-bond donors (Lipinski definition) is 1. The minimum Gasteiger partial charge on any atom is -0.313 e. The van der Waals surface area contributed by atoms with Crippen LogP contribution in [0.3, 0.4) is 0 Å². The summed E-state index contributed by atoms with van der Waals surface area (Å²) in [6, 6.07) is 1.57. The number of rotatable bonds is 6. The number of hydrogen-bond acceptors (Lipinski definition) is 2. The van der Waals surface area contributed by atoms with Gasteiger partial charge in [0.15, 0.2) is 0 Å². The van der Waals surface area contributed by atoms with Crippen LogP contribution in [0.1, 0.15) is 46.0 Å². The molecule has 2 heteroatoms. The lowest BCUT2D eigenvalue weighted by atomic mass is 10.1. The van der Waals surface area contributed by atoms with Gasteiger partial charge in [-0.2, -0.15) is 0 Å². The fraction of sp³-hybridized carbons (Fsp3) is 1.00. The first-order valence-electron chi connectivity index (χ1n) is 6.77. The number of likely N-dealkylation sites (N-methyl/N-ethyl adjacent to an activating group) is 1. The molecule has 0 aromatic carbocycles. The SMILES string of the molecule is CCN(CC1CCCN1)C(C)CC1CC1. The molecule has 0 spiro atoms. The lowest BCUT2D eigenvalue weighted by Crippen LogP contribution is -2.42. The summed E-state index contributed by atoms with van der Waals surface area (Å²) >= 11 is 0. The normalized spacial score (nSPS) is 28.6. The molecule has 1 N–H and O–H groups in total. The molecular formula is C13H26N2. The van der Waals surface area contributed by atoms with Gasteiger partial charge >= 0.3 is 0 Å². The molecule has 1 aliphatic heterocycles. The average Bonchev–Trinajstić information content (AvgIpc) is 2.89. The van der Waals surface area contributed by atoms with Crippen LogP contribution in [0.2, 0.25) is 0 Å². The van der Waals surface area contributed by atoms with Crippen molar-refractivity contribution in [1.82, 2.24) is 10.2 Å². The van der Waals surface area contributed by atoms with Gasteiger partial charge in [0.2, 0.25) is 0 Å². The Balaban J connectivity index is 1.73. The first-order chi connectivity index (χ1) is 7.29. The second-order valence-electron chi connectivity index (χ2n) is 5.41. The van der Waals surface area contributed by atoms with Crippen molar-refractivity contribution in [3.8, 4) is 0 Å². The maximum absolute atomic E-state index is 3.60. The summed E-state index contributed by atoms with van der Waals surface area (Å²) in [6.45, 7) is 8.44. The van der Waals surface area contributed by atoms with Crippen LogP contribution >= 0.6 is 0 Å². The Kier molecular flexibility index (Phi) is 4.04. The quantitative estimate of drug-likeness (QED) is 0.723. The highest BCUT2D eigenvalue weighted by molar-refractivity contribution is 4.83. The van der Waals surface area contributed by atoms with Crippen LogP contribution in [-0.4, -0.2) is 36.6 Å². The van der Waals surface area contributed by atoms with Crippen LogP contribution in [0, 0.1) is 5.92 Å². The topological polar surface area (TPSA) is 15.3 Å². The second-order valence-corrected chi connectivity index (χ2v) is 5.41. The smallest absolute Gasteiger partial charge is 0.0195 e. The molecule has 15 heavy (non-hydrogen) atoms. The third kappa shape index (κ3) is 3.46.